The van der Waals surface area contributed by atoms with Gasteiger partial charge in [0.25, 0.3) is 0 Å². The van der Waals surface area contributed by atoms with Gasteiger partial charge in [0.05, 0.1) is 15.2 Å². The number of halogens is 4. The highest BCUT2D eigenvalue weighted by atomic mass is 79.9. The molecule has 18 heavy (non-hydrogen) atoms. The summed E-state index contributed by atoms with van der Waals surface area (Å²) in [7, 11) is 0. The fraction of sp³-hybridized carbons (Fsp3) is 0.0909. The predicted octanol–water partition coefficient (Wildman–Crippen LogP) is 4.74. The largest absolute Gasteiger partial charge is 0.338 e. The van der Waals surface area contributed by atoms with Gasteiger partial charge < -0.3 is 5.32 Å². The first-order chi connectivity index (χ1) is 8.47. The average Bonchev–Trinajstić information content (AvgIpc) is 2.30. The normalized spacial score (nSPS) is 10.5. The Morgan fingerprint density at radius 2 is 2.06 bits per heavy atom. The topological polar surface area (TPSA) is 37.8 Å². The highest BCUT2D eigenvalue weighted by molar-refractivity contribution is 9.10. The number of benzene rings is 1. The third kappa shape index (κ3) is 2.91. The van der Waals surface area contributed by atoms with Crippen LogP contribution in [-0.4, -0.2) is 9.97 Å². The Bertz CT molecular complexity index is 607. The van der Waals surface area contributed by atoms with Crippen molar-refractivity contribution in [2.45, 2.75) is 6.92 Å². The molecule has 0 unspecified atom stereocenters. The maximum Gasteiger partial charge on any atom is 0.224 e. The van der Waals surface area contributed by atoms with Crippen molar-refractivity contribution in [2.75, 3.05) is 5.32 Å². The van der Waals surface area contributed by atoms with Crippen LogP contribution in [-0.2, 0) is 0 Å². The fourth-order valence-electron chi connectivity index (χ4n) is 1.31. The molecule has 3 nitrogen and oxygen atoms in total. The number of hydrogen-bond acceptors (Lipinski definition) is 3. The Morgan fingerprint density at radius 3 is 2.78 bits per heavy atom. The minimum Gasteiger partial charge on any atom is -0.338 e. The molecule has 0 fully saturated rings. The van der Waals surface area contributed by atoms with Crippen LogP contribution in [0.3, 0.4) is 0 Å². The Balaban J connectivity index is 2.40. The van der Waals surface area contributed by atoms with Crippen molar-refractivity contribution in [3.63, 3.8) is 0 Å². The lowest BCUT2D eigenvalue weighted by molar-refractivity contribution is 0.619. The number of aromatic nitrogens is 2. The zero-order valence-corrected chi connectivity index (χ0v) is 12.2. The molecule has 1 heterocycles. The SMILES string of the molecule is Cc1cc(Nc2nc(Cl)ncc2Br)c(Cl)cc1F. The van der Waals surface area contributed by atoms with Gasteiger partial charge in [0, 0.05) is 6.20 Å². The molecule has 0 bridgehead atoms. The first-order valence-electron chi connectivity index (χ1n) is 4.88. The van der Waals surface area contributed by atoms with Crippen LogP contribution in [0.5, 0.6) is 0 Å². The van der Waals surface area contributed by atoms with Crippen molar-refractivity contribution in [3.05, 3.63) is 44.5 Å². The van der Waals surface area contributed by atoms with Crippen molar-refractivity contribution in [3.8, 4) is 0 Å². The Labute approximate surface area is 121 Å². The van der Waals surface area contributed by atoms with Gasteiger partial charge in [0.2, 0.25) is 5.28 Å². The van der Waals surface area contributed by atoms with Crippen molar-refractivity contribution >= 4 is 50.6 Å². The molecule has 1 N–H and O–H groups in total. The molecule has 0 saturated carbocycles. The van der Waals surface area contributed by atoms with Gasteiger partial charge in [-0.1, -0.05) is 11.6 Å². The maximum atomic E-state index is 13.3. The van der Waals surface area contributed by atoms with Gasteiger partial charge in [-0.15, -0.1) is 0 Å². The minimum absolute atomic E-state index is 0.107. The van der Waals surface area contributed by atoms with Crippen LogP contribution >= 0.6 is 39.1 Å². The second-order valence-corrected chi connectivity index (χ2v) is 5.14. The maximum absolute atomic E-state index is 13.3. The first kappa shape index (κ1) is 13.5. The molecule has 0 radical (unpaired) electrons. The summed E-state index contributed by atoms with van der Waals surface area (Å²) in [6.07, 6.45) is 1.52. The fourth-order valence-corrected chi connectivity index (χ4v) is 1.93. The predicted molar refractivity (Wildman–Crippen MR) is 74.2 cm³/mol. The summed E-state index contributed by atoms with van der Waals surface area (Å²) in [4.78, 5) is 7.81. The summed E-state index contributed by atoms with van der Waals surface area (Å²) in [5.74, 6) is 0.105. The lowest BCUT2D eigenvalue weighted by Crippen LogP contribution is -1.98. The molecule has 2 aromatic rings. The molecular formula is C11H7BrCl2FN3. The number of nitrogens with zero attached hydrogens (tertiary/aromatic N) is 2. The summed E-state index contributed by atoms with van der Waals surface area (Å²) in [6.45, 7) is 1.65. The molecule has 0 atom stereocenters. The van der Waals surface area contributed by atoms with E-state index in [4.69, 9.17) is 23.2 Å². The van der Waals surface area contributed by atoms with Gasteiger partial charge in [0.15, 0.2) is 0 Å². The van der Waals surface area contributed by atoms with Crippen molar-refractivity contribution < 1.29 is 4.39 Å². The van der Waals surface area contributed by atoms with Gasteiger partial charge in [-0.05, 0) is 52.2 Å². The molecule has 0 saturated heterocycles. The number of aryl methyl sites for hydroxylation is 1. The van der Waals surface area contributed by atoms with E-state index >= 15 is 0 Å². The van der Waals surface area contributed by atoms with E-state index < -0.39 is 0 Å². The molecule has 0 aliphatic carbocycles. The molecule has 0 amide bonds. The summed E-state index contributed by atoms with van der Waals surface area (Å²) in [5, 5.41) is 3.34. The lowest BCUT2D eigenvalue weighted by Gasteiger charge is -2.10. The Morgan fingerprint density at radius 1 is 1.33 bits per heavy atom. The van der Waals surface area contributed by atoms with Crippen molar-refractivity contribution in [2.24, 2.45) is 0 Å². The number of nitrogens with one attached hydrogen (secondary N) is 1. The molecule has 0 aliphatic rings. The first-order valence-corrected chi connectivity index (χ1v) is 6.43. The molecular weight excluding hydrogens is 344 g/mol. The van der Waals surface area contributed by atoms with Crippen LogP contribution in [0.4, 0.5) is 15.9 Å². The number of rotatable bonds is 2. The molecule has 94 valence electrons. The van der Waals surface area contributed by atoms with E-state index in [1.807, 2.05) is 0 Å². The summed E-state index contributed by atoms with van der Waals surface area (Å²) < 4.78 is 13.9. The highest BCUT2D eigenvalue weighted by Gasteiger charge is 2.09. The molecule has 0 spiro atoms. The summed E-state index contributed by atoms with van der Waals surface area (Å²) in [5.41, 5.74) is 1.03. The molecule has 2 rings (SSSR count). The van der Waals surface area contributed by atoms with Gasteiger partial charge >= 0.3 is 0 Å². The second kappa shape index (κ2) is 5.38. The second-order valence-electron chi connectivity index (χ2n) is 3.54. The van der Waals surface area contributed by atoms with E-state index in [2.05, 4.69) is 31.2 Å². The van der Waals surface area contributed by atoms with Crippen LogP contribution in [0.25, 0.3) is 0 Å². The van der Waals surface area contributed by atoms with E-state index in [0.29, 0.717) is 21.5 Å². The number of anilines is 2. The van der Waals surface area contributed by atoms with Gasteiger partial charge in [-0.2, -0.15) is 4.98 Å². The molecule has 7 heteroatoms. The van der Waals surface area contributed by atoms with Crippen molar-refractivity contribution in [1.29, 1.82) is 0 Å². The Hall–Kier alpha value is -0.910. The van der Waals surface area contributed by atoms with Crippen LogP contribution < -0.4 is 5.32 Å². The van der Waals surface area contributed by atoms with Crippen LogP contribution in [0, 0.1) is 12.7 Å². The van der Waals surface area contributed by atoms with E-state index in [0.717, 1.165) is 0 Å². The van der Waals surface area contributed by atoms with Gasteiger partial charge in [-0.25, -0.2) is 9.37 Å². The molecule has 0 aliphatic heterocycles. The number of hydrogen-bond donors (Lipinski definition) is 1. The monoisotopic (exact) mass is 349 g/mol. The standard InChI is InChI=1S/C11H7BrCl2FN3/c1-5-2-9(7(13)3-8(5)15)17-10-6(12)4-16-11(14)18-10/h2-4H,1H3,(H,16,17,18). The minimum atomic E-state index is -0.356. The average molecular weight is 351 g/mol. The zero-order chi connectivity index (χ0) is 13.3. The lowest BCUT2D eigenvalue weighted by atomic mass is 10.2. The third-order valence-electron chi connectivity index (χ3n) is 2.22. The van der Waals surface area contributed by atoms with Crippen molar-refractivity contribution in [1.82, 2.24) is 9.97 Å². The molecule has 1 aromatic heterocycles. The van der Waals surface area contributed by atoms with Gasteiger partial charge in [-0.3, -0.25) is 0 Å². The highest BCUT2D eigenvalue weighted by Crippen LogP contribution is 2.30. The van der Waals surface area contributed by atoms with E-state index in [1.54, 1.807) is 13.0 Å². The third-order valence-corrected chi connectivity index (χ3v) is 3.29. The molecule has 1 aromatic carbocycles. The quantitative estimate of drug-likeness (QED) is 0.795. The van der Waals surface area contributed by atoms with E-state index in [9.17, 15) is 4.39 Å². The van der Waals surface area contributed by atoms with E-state index in [1.165, 1.54) is 12.3 Å². The summed E-state index contributed by atoms with van der Waals surface area (Å²) in [6, 6.07) is 2.84. The van der Waals surface area contributed by atoms with Crippen LogP contribution in [0.15, 0.2) is 22.8 Å². The smallest absolute Gasteiger partial charge is 0.224 e. The van der Waals surface area contributed by atoms with Crippen LogP contribution in [0.1, 0.15) is 5.56 Å². The Kier molecular flexibility index (Phi) is 4.04. The van der Waals surface area contributed by atoms with Gasteiger partial charge in [0.1, 0.15) is 11.6 Å². The summed E-state index contributed by atoms with van der Waals surface area (Å²) >= 11 is 14.9. The zero-order valence-electron chi connectivity index (χ0n) is 9.14. The van der Waals surface area contributed by atoms with Crippen LogP contribution in [0.2, 0.25) is 10.3 Å². The van der Waals surface area contributed by atoms with E-state index in [-0.39, 0.29) is 16.1 Å².